The molecule has 0 aliphatic carbocycles. The minimum absolute atomic E-state index is 0.105. The average molecular weight is 476 g/mol. The molecule has 1 aliphatic rings. The SMILES string of the molecule is Cc1cc(=O)n(-c2cccc(Cl)c2N2CCC(Cc3ccc(F)c4ccccc34)CC2)c(C)n1. The summed E-state index contributed by atoms with van der Waals surface area (Å²) in [5, 5.41) is 2.32. The molecule has 0 N–H and O–H groups in total. The maximum absolute atomic E-state index is 14.2. The van der Waals surface area contributed by atoms with Crippen LogP contribution in [0.5, 0.6) is 0 Å². The van der Waals surface area contributed by atoms with Crippen LogP contribution in [0, 0.1) is 25.6 Å². The molecule has 0 saturated carbocycles. The standard InChI is InChI=1S/C28H27ClFN3O/c1-18-16-27(34)33(19(2)31-18)26-9-5-8-24(29)28(26)32-14-12-20(13-15-32)17-21-10-11-25(30)23-7-4-3-6-22(21)23/h3-11,16,20H,12-15,17H2,1-2H3. The van der Waals surface area contributed by atoms with Crippen molar-refractivity contribution >= 4 is 28.1 Å². The molecule has 0 spiro atoms. The zero-order chi connectivity index (χ0) is 23.8. The topological polar surface area (TPSA) is 38.1 Å². The number of para-hydroxylation sites is 1. The van der Waals surface area contributed by atoms with Crippen molar-refractivity contribution in [3.8, 4) is 5.69 Å². The van der Waals surface area contributed by atoms with E-state index in [0.717, 1.165) is 49.1 Å². The number of anilines is 1. The van der Waals surface area contributed by atoms with Gasteiger partial charge in [0.2, 0.25) is 0 Å². The van der Waals surface area contributed by atoms with E-state index in [-0.39, 0.29) is 11.4 Å². The van der Waals surface area contributed by atoms with Crippen molar-refractivity contribution in [2.24, 2.45) is 5.92 Å². The molecule has 4 aromatic rings. The predicted octanol–water partition coefficient (Wildman–Crippen LogP) is 6.25. The summed E-state index contributed by atoms with van der Waals surface area (Å²) in [6, 6.07) is 18.4. The Kier molecular flexibility index (Phi) is 6.13. The first-order chi connectivity index (χ1) is 16.4. The van der Waals surface area contributed by atoms with Gasteiger partial charge in [-0.1, -0.05) is 48.0 Å². The normalized spacial score (nSPS) is 14.6. The summed E-state index contributed by atoms with van der Waals surface area (Å²) >= 11 is 6.68. The number of fused-ring (bicyclic) bond motifs is 1. The van der Waals surface area contributed by atoms with Crippen LogP contribution < -0.4 is 10.5 Å². The van der Waals surface area contributed by atoms with Gasteiger partial charge in [0, 0.05) is 30.2 Å². The quantitative estimate of drug-likeness (QED) is 0.350. The number of nitrogens with zero attached hydrogens (tertiary/aromatic N) is 3. The van der Waals surface area contributed by atoms with E-state index in [1.54, 1.807) is 16.7 Å². The Morgan fingerprint density at radius 1 is 1.00 bits per heavy atom. The molecule has 174 valence electrons. The molecule has 0 amide bonds. The van der Waals surface area contributed by atoms with E-state index < -0.39 is 0 Å². The van der Waals surface area contributed by atoms with Gasteiger partial charge in [-0.25, -0.2) is 9.37 Å². The third-order valence-corrected chi connectivity index (χ3v) is 7.13. The van der Waals surface area contributed by atoms with Crippen molar-refractivity contribution in [1.82, 2.24) is 9.55 Å². The highest BCUT2D eigenvalue weighted by atomic mass is 35.5. The molecule has 6 heteroatoms. The van der Waals surface area contributed by atoms with Crippen LogP contribution in [0.2, 0.25) is 5.02 Å². The van der Waals surface area contributed by atoms with Crippen LogP contribution in [0.25, 0.3) is 16.5 Å². The fourth-order valence-corrected chi connectivity index (χ4v) is 5.49. The lowest BCUT2D eigenvalue weighted by atomic mass is 9.88. The van der Waals surface area contributed by atoms with Gasteiger partial charge in [-0.3, -0.25) is 9.36 Å². The van der Waals surface area contributed by atoms with E-state index >= 15 is 0 Å². The van der Waals surface area contributed by atoms with Gasteiger partial charge >= 0.3 is 0 Å². The van der Waals surface area contributed by atoms with Gasteiger partial charge in [0.1, 0.15) is 11.6 Å². The molecule has 1 fully saturated rings. The Hall–Kier alpha value is -3.18. The highest BCUT2D eigenvalue weighted by Crippen LogP contribution is 2.36. The van der Waals surface area contributed by atoms with Crippen molar-refractivity contribution < 1.29 is 4.39 Å². The van der Waals surface area contributed by atoms with Gasteiger partial charge in [-0.2, -0.15) is 0 Å². The Morgan fingerprint density at radius 3 is 2.47 bits per heavy atom. The molecular formula is C28H27ClFN3O. The van der Waals surface area contributed by atoms with Crippen LogP contribution in [0.4, 0.5) is 10.1 Å². The summed E-state index contributed by atoms with van der Waals surface area (Å²) in [7, 11) is 0. The van der Waals surface area contributed by atoms with Gasteiger partial charge in [0.05, 0.1) is 16.4 Å². The first-order valence-corrected chi connectivity index (χ1v) is 12.1. The predicted molar refractivity (Wildman–Crippen MR) is 137 cm³/mol. The van der Waals surface area contributed by atoms with E-state index in [1.165, 1.54) is 5.56 Å². The van der Waals surface area contributed by atoms with Crippen molar-refractivity contribution in [3.05, 3.63) is 98.9 Å². The fraction of sp³-hybridized carbons (Fsp3) is 0.286. The van der Waals surface area contributed by atoms with E-state index in [4.69, 9.17) is 11.6 Å². The van der Waals surface area contributed by atoms with Crippen molar-refractivity contribution in [2.45, 2.75) is 33.1 Å². The van der Waals surface area contributed by atoms with Crippen LogP contribution in [0.1, 0.15) is 29.9 Å². The molecule has 3 aromatic carbocycles. The summed E-state index contributed by atoms with van der Waals surface area (Å²) in [5.74, 6) is 0.977. The highest BCUT2D eigenvalue weighted by molar-refractivity contribution is 6.33. The second kappa shape index (κ2) is 9.22. The Morgan fingerprint density at radius 2 is 1.74 bits per heavy atom. The van der Waals surface area contributed by atoms with Crippen LogP contribution >= 0.6 is 11.6 Å². The van der Waals surface area contributed by atoms with Gasteiger partial charge in [0.15, 0.2) is 0 Å². The lowest BCUT2D eigenvalue weighted by Gasteiger charge is -2.35. The third kappa shape index (κ3) is 4.21. The molecule has 1 aromatic heterocycles. The van der Waals surface area contributed by atoms with Crippen molar-refractivity contribution in [1.29, 1.82) is 0 Å². The monoisotopic (exact) mass is 475 g/mol. The van der Waals surface area contributed by atoms with Crippen LogP contribution in [-0.2, 0) is 6.42 Å². The number of halogens is 2. The molecule has 1 saturated heterocycles. The number of piperidine rings is 1. The smallest absolute Gasteiger partial charge is 0.258 e. The van der Waals surface area contributed by atoms with Gasteiger partial charge in [-0.05, 0) is 68.2 Å². The van der Waals surface area contributed by atoms with Gasteiger partial charge < -0.3 is 4.90 Å². The van der Waals surface area contributed by atoms with Crippen molar-refractivity contribution in [3.63, 3.8) is 0 Å². The van der Waals surface area contributed by atoms with Gasteiger partial charge in [0.25, 0.3) is 5.56 Å². The molecule has 2 heterocycles. The number of hydrogen-bond acceptors (Lipinski definition) is 3. The van der Waals surface area contributed by atoms with E-state index in [0.29, 0.717) is 27.8 Å². The summed E-state index contributed by atoms with van der Waals surface area (Å²) < 4.78 is 15.9. The van der Waals surface area contributed by atoms with E-state index in [9.17, 15) is 9.18 Å². The first kappa shape index (κ1) is 22.6. The molecule has 4 nitrogen and oxygen atoms in total. The number of aryl methyl sites for hydroxylation is 2. The highest BCUT2D eigenvalue weighted by Gasteiger charge is 2.25. The molecule has 5 rings (SSSR count). The minimum atomic E-state index is -0.170. The van der Waals surface area contributed by atoms with Gasteiger partial charge in [-0.15, -0.1) is 0 Å². The Labute approximate surface area is 203 Å². The lowest BCUT2D eigenvalue weighted by molar-refractivity contribution is 0.404. The second-order valence-corrected chi connectivity index (χ2v) is 9.52. The van der Waals surface area contributed by atoms with E-state index in [2.05, 4.69) is 9.88 Å². The van der Waals surface area contributed by atoms with Crippen LogP contribution in [-0.4, -0.2) is 22.6 Å². The van der Waals surface area contributed by atoms with Crippen LogP contribution in [0.15, 0.2) is 65.5 Å². The first-order valence-electron chi connectivity index (χ1n) is 11.7. The zero-order valence-electron chi connectivity index (χ0n) is 19.4. The summed E-state index contributed by atoms with van der Waals surface area (Å²) in [5.41, 5.74) is 3.45. The van der Waals surface area contributed by atoms with E-state index in [1.807, 2.05) is 62.4 Å². The van der Waals surface area contributed by atoms with Crippen molar-refractivity contribution in [2.75, 3.05) is 18.0 Å². The van der Waals surface area contributed by atoms with Crippen LogP contribution in [0.3, 0.4) is 0 Å². The zero-order valence-corrected chi connectivity index (χ0v) is 20.1. The molecular weight excluding hydrogens is 449 g/mol. The molecule has 0 bridgehead atoms. The number of rotatable bonds is 4. The third-order valence-electron chi connectivity index (χ3n) is 6.82. The lowest BCUT2D eigenvalue weighted by Crippen LogP contribution is -2.36. The number of hydrogen-bond donors (Lipinski definition) is 0. The largest absolute Gasteiger partial charge is 0.369 e. The Balaban J connectivity index is 1.40. The maximum atomic E-state index is 14.2. The summed E-state index contributed by atoms with van der Waals surface area (Å²) in [6.07, 6.45) is 2.91. The Bertz CT molecular complexity index is 1420. The molecule has 0 atom stereocenters. The fourth-order valence-electron chi connectivity index (χ4n) is 5.21. The maximum Gasteiger partial charge on any atom is 0.258 e. The molecule has 1 aliphatic heterocycles. The summed E-state index contributed by atoms with van der Waals surface area (Å²) in [4.78, 5) is 19.6. The summed E-state index contributed by atoms with van der Waals surface area (Å²) in [6.45, 7) is 5.35. The number of aromatic nitrogens is 2. The molecule has 0 unspecified atom stereocenters. The molecule has 0 radical (unpaired) electrons. The minimum Gasteiger partial charge on any atom is -0.369 e. The number of benzene rings is 3. The average Bonchev–Trinajstić information content (AvgIpc) is 2.81. The second-order valence-electron chi connectivity index (χ2n) is 9.11. The molecule has 34 heavy (non-hydrogen) atoms.